The van der Waals surface area contributed by atoms with Gasteiger partial charge in [-0.25, -0.2) is 0 Å². The fourth-order valence-electron chi connectivity index (χ4n) is 1.13. The molecule has 1 rings (SSSR count). The zero-order valence-electron chi connectivity index (χ0n) is 8.91. The van der Waals surface area contributed by atoms with Crippen LogP contribution in [0.3, 0.4) is 0 Å². The molecular weight excluding hydrogens is 186 g/mol. The second kappa shape index (κ2) is 4.25. The van der Waals surface area contributed by atoms with Crippen LogP contribution in [0, 0.1) is 11.3 Å². The molecule has 0 N–H and O–H groups in total. The van der Waals surface area contributed by atoms with E-state index >= 15 is 0 Å². The van der Waals surface area contributed by atoms with E-state index in [1.807, 2.05) is 36.4 Å². The minimum atomic E-state index is -1.47. The number of hydrogen-bond donors (Lipinski definition) is 0. The van der Waals surface area contributed by atoms with Gasteiger partial charge in [0.25, 0.3) is 0 Å². The van der Waals surface area contributed by atoms with Crippen molar-refractivity contribution in [2.45, 2.75) is 19.6 Å². The van der Waals surface area contributed by atoms with Crippen molar-refractivity contribution in [3.8, 4) is 6.07 Å². The first-order valence-corrected chi connectivity index (χ1v) is 8.21. The molecule has 0 aliphatic heterocycles. The van der Waals surface area contributed by atoms with Crippen LogP contribution in [0.4, 0.5) is 0 Å². The van der Waals surface area contributed by atoms with E-state index in [2.05, 4.69) is 25.7 Å². The quantitative estimate of drug-likeness (QED) is 0.531. The van der Waals surface area contributed by atoms with Crippen molar-refractivity contribution in [2.75, 3.05) is 0 Å². The Morgan fingerprint density at radius 1 is 1.21 bits per heavy atom. The average Bonchev–Trinajstić information content (AvgIpc) is 2.14. The maximum Gasteiger partial charge on any atom is 0.0912 e. The van der Waals surface area contributed by atoms with Gasteiger partial charge >= 0.3 is 0 Å². The first-order chi connectivity index (χ1) is 6.54. The van der Waals surface area contributed by atoms with Crippen molar-refractivity contribution in [1.29, 1.82) is 5.26 Å². The molecule has 0 fully saturated rings. The summed E-state index contributed by atoms with van der Waals surface area (Å²) in [7, 11) is -1.47. The van der Waals surface area contributed by atoms with Crippen molar-refractivity contribution in [1.82, 2.24) is 0 Å². The summed E-state index contributed by atoms with van der Waals surface area (Å²) in [6.07, 6.45) is 2.01. The lowest BCUT2D eigenvalue weighted by molar-refractivity contribution is 1.51. The molecule has 1 aromatic carbocycles. The number of benzene rings is 1. The monoisotopic (exact) mass is 201 g/mol. The largest absolute Gasteiger partial charge is 0.193 e. The van der Waals surface area contributed by atoms with Crippen LogP contribution in [-0.4, -0.2) is 8.07 Å². The predicted molar refractivity (Wildman–Crippen MR) is 63.4 cm³/mol. The molecular formula is C12H15NSi. The van der Waals surface area contributed by atoms with Crippen LogP contribution in [0.25, 0.3) is 6.08 Å². The van der Waals surface area contributed by atoms with E-state index in [0.717, 1.165) is 10.8 Å². The standard InChI is InChI=1S/C12H15NSi/c1-14(2,3)12(10-13)9-11-7-5-4-6-8-11/h4-9H,1-3H3. The SMILES string of the molecule is C[Si](C)(C)C(C#N)=Cc1ccccc1. The van der Waals surface area contributed by atoms with E-state index in [4.69, 9.17) is 5.26 Å². The predicted octanol–water partition coefficient (Wildman–Crippen LogP) is 3.47. The Kier molecular flexibility index (Phi) is 3.26. The second-order valence-electron chi connectivity index (χ2n) is 4.33. The van der Waals surface area contributed by atoms with Gasteiger partial charge in [0.1, 0.15) is 0 Å². The maximum atomic E-state index is 9.04. The fraction of sp³-hybridized carbons (Fsp3) is 0.250. The molecule has 0 aliphatic rings. The van der Waals surface area contributed by atoms with Crippen molar-refractivity contribution in [2.24, 2.45) is 0 Å². The molecule has 0 saturated heterocycles. The van der Waals surface area contributed by atoms with Gasteiger partial charge in [-0.05, 0) is 11.6 Å². The summed E-state index contributed by atoms with van der Waals surface area (Å²) in [4.78, 5) is 0. The van der Waals surface area contributed by atoms with Gasteiger partial charge in [0.05, 0.1) is 14.1 Å². The van der Waals surface area contributed by atoms with Crippen molar-refractivity contribution in [3.05, 3.63) is 41.1 Å². The summed E-state index contributed by atoms with van der Waals surface area (Å²) < 4.78 is 0. The van der Waals surface area contributed by atoms with E-state index in [0.29, 0.717) is 0 Å². The molecule has 72 valence electrons. The lowest BCUT2D eigenvalue weighted by atomic mass is 10.2. The summed E-state index contributed by atoms with van der Waals surface area (Å²) in [6.45, 7) is 6.56. The summed E-state index contributed by atoms with van der Waals surface area (Å²) >= 11 is 0. The molecule has 14 heavy (non-hydrogen) atoms. The van der Waals surface area contributed by atoms with Gasteiger partial charge in [0.2, 0.25) is 0 Å². The third-order valence-corrected chi connectivity index (χ3v) is 3.91. The van der Waals surface area contributed by atoms with E-state index in [9.17, 15) is 0 Å². The first kappa shape index (κ1) is 10.7. The summed E-state index contributed by atoms with van der Waals surface area (Å²) in [5.74, 6) is 0. The zero-order valence-corrected chi connectivity index (χ0v) is 9.91. The van der Waals surface area contributed by atoms with Gasteiger partial charge in [-0.3, -0.25) is 0 Å². The molecule has 0 radical (unpaired) electrons. The Morgan fingerprint density at radius 3 is 2.21 bits per heavy atom. The van der Waals surface area contributed by atoms with Gasteiger partial charge in [-0.1, -0.05) is 50.0 Å². The third kappa shape index (κ3) is 2.86. The third-order valence-electron chi connectivity index (χ3n) is 2.04. The first-order valence-electron chi connectivity index (χ1n) is 4.71. The van der Waals surface area contributed by atoms with Crippen LogP contribution in [0.5, 0.6) is 0 Å². The minimum Gasteiger partial charge on any atom is -0.193 e. The fourth-order valence-corrected chi connectivity index (χ4v) is 2.07. The van der Waals surface area contributed by atoms with Crippen LogP contribution in [-0.2, 0) is 0 Å². The number of allylic oxidation sites excluding steroid dienone is 1. The molecule has 1 nitrogen and oxygen atoms in total. The van der Waals surface area contributed by atoms with Crippen molar-refractivity contribution < 1.29 is 0 Å². The lowest BCUT2D eigenvalue weighted by Crippen LogP contribution is -2.22. The molecule has 2 heteroatoms. The summed E-state index contributed by atoms with van der Waals surface area (Å²) in [5.41, 5.74) is 1.12. The van der Waals surface area contributed by atoms with Gasteiger partial charge < -0.3 is 0 Å². The van der Waals surface area contributed by atoms with Crippen LogP contribution in [0.15, 0.2) is 35.5 Å². The molecule has 0 heterocycles. The molecule has 0 unspecified atom stereocenters. The molecule has 0 saturated carbocycles. The van der Waals surface area contributed by atoms with Gasteiger partial charge in [0, 0.05) is 5.20 Å². The van der Waals surface area contributed by atoms with Gasteiger partial charge in [-0.2, -0.15) is 5.26 Å². The number of nitrogens with zero attached hydrogens (tertiary/aromatic N) is 1. The molecule has 0 atom stereocenters. The second-order valence-corrected chi connectivity index (χ2v) is 9.37. The molecule has 0 spiro atoms. The maximum absolute atomic E-state index is 9.04. The topological polar surface area (TPSA) is 23.8 Å². The van der Waals surface area contributed by atoms with Crippen LogP contribution < -0.4 is 0 Å². The normalized spacial score (nSPS) is 12.3. The highest BCUT2D eigenvalue weighted by Gasteiger charge is 2.18. The van der Waals surface area contributed by atoms with Gasteiger partial charge in [-0.15, -0.1) is 0 Å². The Bertz CT molecular complexity index is 366. The van der Waals surface area contributed by atoms with Crippen LogP contribution in [0.2, 0.25) is 19.6 Å². The highest BCUT2D eigenvalue weighted by Crippen LogP contribution is 2.16. The van der Waals surface area contributed by atoms with E-state index in [1.54, 1.807) is 0 Å². The number of nitriles is 1. The number of rotatable bonds is 2. The van der Waals surface area contributed by atoms with E-state index in [1.165, 1.54) is 0 Å². The van der Waals surface area contributed by atoms with Crippen LogP contribution in [0.1, 0.15) is 5.56 Å². The Balaban J connectivity index is 3.04. The molecule has 0 aliphatic carbocycles. The highest BCUT2D eigenvalue weighted by molar-refractivity contribution is 6.84. The molecule has 0 bridgehead atoms. The van der Waals surface area contributed by atoms with E-state index in [-0.39, 0.29) is 0 Å². The minimum absolute atomic E-state index is 0.948. The van der Waals surface area contributed by atoms with Crippen molar-refractivity contribution in [3.63, 3.8) is 0 Å². The molecule has 0 aromatic heterocycles. The zero-order chi connectivity index (χ0) is 10.6. The molecule has 0 amide bonds. The number of hydrogen-bond acceptors (Lipinski definition) is 1. The van der Waals surface area contributed by atoms with Crippen LogP contribution >= 0.6 is 0 Å². The highest BCUT2D eigenvalue weighted by atomic mass is 28.3. The Hall–Kier alpha value is -1.33. The molecule has 1 aromatic rings. The smallest absolute Gasteiger partial charge is 0.0912 e. The summed E-state index contributed by atoms with van der Waals surface area (Å²) in [5, 5.41) is 9.99. The van der Waals surface area contributed by atoms with Crippen molar-refractivity contribution >= 4 is 14.1 Å². The Labute approximate surface area is 86.7 Å². The summed E-state index contributed by atoms with van der Waals surface area (Å²) in [6, 6.07) is 12.3. The average molecular weight is 201 g/mol. The Morgan fingerprint density at radius 2 is 1.79 bits per heavy atom. The van der Waals surface area contributed by atoms with Gasteiger partial charge in [0.15, 0.2) is 0 Å². The van der Waals surface area contributed by atoms with E-state index < -0.39 is 8.07 Å². The lowest BCUT2D eigenvalue weighted by Gasteiger charge is -2.13.